The second kappa shape index (κ2) is 9.09. The van der Waals surface area contributed by atoms with Crippen molar-refractivity contribution in [1.82, 2.24) is 4.98 Å². The predicted molar refractivity (Wildman–Crippen MR) is 122 cm³/mol. The lowest BCUT2D eigenvalue weighted by atomic mass is 9.90. The quantitative estimate of drug-likeness (QED) is 0.554. The number of hydrogen-bond acceptors (Lipinski definition) is 5. The lowest BCUT2D eigenvalue weighted by Gasteiger charge is -2.20. The molecule has 1 aliphatic rings. The lowest BCUT2D eigenvalue weighted by Crippen LogP contribution is -2.24. The maximum Gasteiger partial charge on any atom is 0.257 e. The average molecular weight is 435 g/mol. The average Bonchev–Trinajstić information content (AvgIpc) is 3.17. The number of fused-ring (bicyclic) bond motifs is 1. The van der Waals surface area contributed by atoms with E-state index in [-0.39, 0.29) is 23.6 Å². The summed E-state index contributed by atoms with van der Waals surface area (Å²) in [7, 11) is 0. The summed E-state index contributed by atoms with van der Waals surface area (Å²) in [5.74, 6) is -0.853. The monoisotopic (exact) mass is 434 g/mol. The number of rotatable bonds is 5. The zero-order valence-corrected chi connectivity index (χ0v) is 17.8. The molecule has 3 N–H and O–H groups in total. The largest absolute Gasteiger partial charge is 0.326 e. The number of anilines is 3. The SMILES string of the molecule is CC(=O)Nc1ccc(NC(=O)[C@@H]2CCCc3sc(NC(=O)c4ccccc4)nc32)cc1. The van der Waals surface area contributed by atoms with Gasteiger partial charge in [-0.3, -0.25) is 19.7 Å². The van der Waals surface area contributed by atoms with Gasteiger partial charge in [0.05, 0.1) is 11.6 Å². The molecule has 0 saturated heterocycles. The Balaban J connectivity index is 1.46. The Morgan fingerprint density at radius 3 is 2.29 bits per heavy atom. The highest BCUT2D eigenvalue weighted by Crippen LogP contribution is 2.37. The molecule has 31 heavy (non-hydrogen) atoms. The normalized spacial score (nSPS) is 14.9. The molecule has 1 heterocycles. The van der Waals surface area contributed by atoms with Crippen LogP contribution < -0.4 is 16.0 Å². The fraction of sp³-hybridized carbons (Fsp3) is 0.217. The van der Waals surface area contributed by atoms with E-state index in [9.17, 15) is 14.4 Å². The third kappa shape index (κ3) is 4.97. The van der Waals surface area contributed by atoms with Gasteiger partial charge in [-0.1, -0.05) is 18.2 Å². The van der Waals surface area contributed by atoms with Crippen molar-refractivity contribution < 1.29 is 14.4 Å². The minimum atomic E-state index is -0.364. The van der Waals surface area contributed by atoms with Crippen molar-refractivity contribution >= 4 is 45.6 Å². The van der Waals surface area contributed by atoms with Gasteiger partial charge in [0.2, 0.25) is 11.8 Å². The summed E-state index contributed by atoms with van der Waals surface area (Å²) >= 11 is 1.43. The molecule has 0 radical (unpaired) electrons. The van der Waals surface area contributed by atoms with Gasteiger partial charge in [-0.15, -0.1) is 11.3 Å². The number of nitrogens with one attached hydrogen (secondary N) is 3. The maximum atomic E-state index is 12.9. The molecule has 0 fully saturated rings. The Labute approximate surface area is 183 Å². The Morgan fingerprint density at radius 1 is 0.935 bits per heavy atom. The summed E-state index contributed by atoms with van der Waals surface area (Å²) in [5.41, 5.74) is 2.63. The maximum absolute atomic E-state index is 12.9. The van der Waals surface area contributed by atoms with Crippen LogP contribution in [0.25, 0.3) is 0 Å². The number of carbonyl (C=O) groups excluding carboxylic acids is 3. The van der Waals surface area contributed by atoms with E-state index in [4.69, 9.17) is 0 Å². The molecule has 1 aromatic heterocycles. The summed E-state index contributed by atoms with van der Waals surface area (Å²) in [6.07, 6.45) is 2.45. The van der Waals surface area contributed by atoms with Crippen molar-refractivity contribution in [3.05, 3.63) is 70.7 Å². The van der Waals surface area contributed by atoms with Crippen LogP contribution in [0, 0.1) is 0 Å². The van der Waals surface area contributed by atoms with Crippen LogP contribution in [0.5, 0.6) is 0 Å². The minimum absolute atomic E-state index is 0.125. The van der Waals surface area contributed by atoms with Crippen LogP contribution >= 0.6 is 11.3 Å². The van der Waals surface area contributed by atoms with Crippen LogP contribution in [0.4, 0.5) is 16.5 Å². The second-order valence-corrected chi connectivity index (χ2v) is 8.42. The smallest absolute Gasteiger partial charge is 0.257 e. The van der Waals surface area contributed by atoms with Crippen LogP contribution in [-0.4, -0.2) is 22.7 Å². The molecule has 3 aromatic rings. The first-order valence-electron chi connectivity index (χ1n) is 10.0. The number of hydrogen-bond donors (Lipinski definition) is 3. The van der Waals surface area contributed by atoms with Crippen LogP contribution in [0.2, 0.25) is 0 Å². The number of amides is 3. The summed E-state index contributed by atoms with van der Waals surface area (Å²) in [6.45, 7) is 1.45. The zero-order valence-electron chi connectivity index (χ0n) is 17.0. The van der Waals surface area contributed by atoms with E-state index in [2.05, 4.69) is 20.9 Å². The molecule has 8 heteroatoms. The van der Waals surface area contributed by atoms with Crippen LogP contribution in [-0.2, 0) is 16.0 Å². The zero-order chi connectivity index (χ0) is 21.8. The Hall–Kier alpha value is -3.52. The van der Waals surface area contributed by atoms with Crippen molar-refractivity contribution in [2.24, 2.45) is 0 Å². The fourth-order valence-corrected chi connectivity index (χ4v) is 4.62. The number of thiazole rings is 1. The van der Waals surface area contributed by atoms with Crippen molar-refractivity contribution in [2.45, 2.75) is 32.1 Å². The topological polar surface area (TPSA) is 100 Å². The van der Waals surface area contributed by atoms with E-state index in [0.29, 0.717) is 28.5 Å². The standard InChI is InChI=1S/C23H22N4O3S/c1-14(28)24-16-10-12-17(13-11-16)25-22(30)18-8-5-9-19-20(18)26-23(31-19)27-21(29)15-6-3-2-4-7-15/h2-4,6-7,10-13,18H,5,8-9H2,1H3,(H,24,28)(H,25,30)(H,26,27,29)/t18-/m1/s1. The third-order valence-corrected chi connectivity index (χ3v) is 6.05. The Bertz CT molecular complexity index is 1110. The Morgan fingerprint density at radius 2 is 1.61 bits per heavy atom. The van der Waals surface area contributed by atoms with Gasteiger partial charge in [0.15, 0.2) is 5.13 Å². The van der Waals surface area contributed by atoms with Gasteiger partial charge in [-0.2, -0.15) is 0 Å². The second-order valence-electron chi connectivity index (χ2n) is 7.34. The van der Waals surface area contributed by atoms with Crippen molar-refractivity contribution in [1.29, 1.82) is 0 Å². The van der Waals surface area contributed by atoms with E-state index in [1.807, 2.05) is 18.2 Å². The van der Waals surface area contributed by atoms with Crippen molar-refractivity contribution in [2.75, 3.05) is 16.0 Å². The molecule has 0 unspecified atom stereocenters. The highest BCUT2D eigenvalue weighted by Gasteiger charge is 2.30. The van der Waals surface area contributed by atoms with Crippen molar-refractivity contribution in [3.63, 3.8) is 0 Å². The van der Waals surface area contributed by atoms with E-state index >= 15 is 0 Å². The molecule has 7 nitrogen and oxygen atoms in total. The molecular formula is C23H22N4O3S. The van der Waals surface area contributed by atoms with Gasteiger partial charge >= 0.3 is 0 Å². The molecule has 0 aliphatic heterocycles. The van der Waals surface area contributed by atoms with Crippen molar-refractivity contribution in [3.8, 4) is 0 Å². The lowest BCUT2D eigenvalue weighted by molar-refractivity contribution is -0.118. The van der Waals surface area contributed by atoms with Gasteiger partial charge in [0.1, 0.15) is 0 Å². The molecule has 0 spiro atoms. The van der Waals surface area contributed by atoms with Gasteiger partial charge in [-0.05, 0) is 55.7 Å². The molecule has 0 saturated carbocycles. The number of carbonyl (C=O) groups is 3. The first-order chi connectivity index (χ1) is 15.0. The molecule has 4 rings (SSSR count). The van der Waals surface area contributed by atoms with E-state index in [0.717, 1.165) is 23.4 Å². The molecule has 3 amide bonds. The van der Waals surface area contributed by atoms with Gasteiger partial charge < -0.3 is 10.6 Å². The first kappa shape index (κ1) is 20.7. The predicted octanol–water partition coefficient (Wildman–Crippen LogP) is 4.41. The molecule has 0 bridgehead atoms. The van der Waals surface area contributed by atoms with Crippen LogP contribution in [0.3, 0.4) is 0 Å². The van der Waals surface area contributed by atoms with Gasteiger partial charge in [0, 0.05) is 28.7 Å². The summed E-state index contributed by atoms with van der Waals surface area (Å²) < 4.78 is 0. The summed E-state index contributed by atoms with van der Waals surface area (Å²) in [4.78, 5) is 42.1. The first-order valence-corrected chi connectivity index (χ1v) is 10.9. The summed E-state index contributed by atoms with van der Waals surface area (Å²) in [5, 5.41) is 8.99. The number of aryl methyl sites for hydroxylation is 1. The number of aromatic nitrogens is 1. The fourth-order valence-electron chi connectivity index (χ4n) is 3.56. The Kier molecular flexibility index (Phi) is 6.08. The van der Waals surface area contributed by atoms with Crippen LogP contribution in [0.15, 0.2) is 54.6 Å². The molecule has 1 aliphatic carbocycles. The molecular weight excluding hydrogens is 412 g/mol. The highest BCUT2D eigenvalue weighted by molar-refractivity contribution is 7.16. The van der Waals surface area contributed by atoms with E-state index in [1.54, 1.807) is 36.4 Å². The van der Waals surface area contributed by atoms with E-state index in [1.165, 1.54) is 18.3 Å². The molecule has 158 valence electrons. The molecule has 2 aromatic carbocycles. The van der Waals surface area contributed by atoms with Gasteiger partial charge in [0.25, 0.3) is 5.91 Å². The summed E-state index contributed by atoms with van der Waals surface area (Å²) in [6, 6.07) is 15.9. The number of nitrogens with zero attached hydrogens (tertiary/aromatic N) is 1. The van der Waals surface area contributed by atoms with E-state index < -0.39 is 0 Å². The van der Waals surface area contributed by atoms with Gasteiger partial charge in [-0.25, -0.2) is 4.98 Å². The number of benzene rings is 2. The minimum Gasteiger partial charge on any atom is -0.326 e. The van der Waals surface area contributed by atoms with Crippen LogP contribution in [0.1, 0.15) is 46.6 Å². The highest BCUT2D eigenvalue weighted by atomic mass is 32.1. The third-order valence-electron chi connectivity index (χ3n) is 5.00. The molecule has 1 atom stereocenters.